The lowest BCUT2D eigenvalue weighted by Gasteiger charge is -2.34. The van der Waals surface area contributed by atoms with Crippen LogP contribution in [-0.4, -0.2) is 10.7 Å². The second-order valence-corrected chi connectivity index (χ2v) is 6.22. The van der Waals surface area contributed by atoms with Crippen LogP contribution in [0.2, 0.25) is 0 Å². The highest BCUT2D eigenvalue weighted by molar-refractivity contribution is 5.33. The highest BCUT2D eigenvalue weighted by Crippen LogP contribution is 2.48. The van der Waals surface area contributed by atoms with Gasteiger partial charge in [0.15, 0.2) is 0 Å². The largest absolute Gasteiger partial charge is 0.390 e. The van der Waals surface area contributed by atoms with Crippen molar-refractivity contribution in [2.45, 2.75) is 63.4 Å². The molecule has 18 heavy (non-hydrogen) atoms. The summed E-state index contributed by atoms with van der Waals surface area (Å²) in [5.74, 6) is 1.16. The van der Waals surface area contributed by atoms with Crippen LogP contribution in [0.5, 0.6) is 0 Å². The number of benzene rings is 1. The van der Waals surface area contributed by atoms with E-state index in [1.54, 1.807) is 0 Å². The second-order valence-electron chi connectivity index (χ2n) is 6.22. The average molecular weight is 244 g/mol. The summed E-state index contributed by atoms with van der Waals surface area (Å²) in [5, 5.41) is 10.8. The highest BCUT2D eigenvalue weighted by atomic mass is 16.3. The van der Waals surface area contributed by atoms with Crippen molar-refractivity contribution in [2.24, 2.45) is 5.92 Å². The van der Waals surface area contributed by atoms with E-state index < -0.39 is 5.60 Å². The third-order valence-electron chi connectivity index (χ3n) is 5.04. The molecule has 1 N–H and O–H groups in total. The zero-order chi connectivity index (χ0) is 12.6. The van der Waals surface area contributed by atoms with Gasteiger partial charge in [-0.2, -0.15) is 0 Å². The molecule has 1 saturated carbocycles. The molecule has 0 radical (unpaired) electrons. The molecule has 1 aromatic rings. The lowest BCUT2D eigenvalue weighted by atomic mass is 9.75. The van der Waals surface area contributed by atoms with Gasteiger partial charge in [0, 0.05) is 0 Å². The number of rotatable bonds is 4. The Balaban J connectivity index is 1.81. The Hall–Kier alpha value is -0.820. The van der Waals surface area contributed by atoms with Crippen LogP contribution >= 0.6 is 0 Å². The molecule has 2 aliphatic carbocycles. The van der Waals surface area contributed by atoms with Crippen molar-refractivity contribution in [2.75, 3.05) is 0 Å². The summed E-state index contributed by atoms with van der Waals surface area (Å²) in [6, 6.07) is 8.85. The molecule has 0 bridgehead atoms. The molecule has 0 saturated heterocycles. The Labute approximate surface area is 110 Å². The van der Waals surface area contributed by atoms with E-state index >= 15 is 0 Å². The zero-order valence-electron chi connectivity index (χ0n) is 11.4. The third kappa shape index (κ3) is 2.21. The van der Waals surface area contributed by atoms with Gasteiger partial charge in [-0.3, -0.25) is 0 Å². The van der Waals surface area contributed by atoms with E-state index in [4.69, 9.17) is 0 Å². The first-order valence-corrected chi connectivity index (χ1v) is 7.53. The number of hydrogen-bond donors (Lipinski definition) is 1. The van der Waals surface area contributed by atoms with Gasteiger partial charge in [-0.05, 0) is 67.9 Å². The molecule has 98 valence electrons. The minimum atomic E-state index is -0.394. The van der Waals surface area contributed by atoms with Crippen LogP contribution in [-0.2, 0) is 6.42 Å². The number of aryl methyl sites for hydroxylation is 1. The smallest absolute Gasteiger partial charge is 0.0679 e. The molecule has 3 rings (SSSR count). The van der Waals surface area contributed by atoms with E-state index in [2.05, 4.69) is 31.2 Å². The molecule has 2 unspecified atom stereocenters. The Morgan fingerprint density at radius 3 is 2.72 bits per heavy atom. The van der Waals surface area contributed by atoms with Crippen LogP contribution < -0.4 is 0 Å². The minimum absolute atomic E-state index is 0.394. The molecular weight excluding hydrogens is 220 g/mol. The van der Waals surface area contributed by atoms with Gasteiger partial charge in [-0.25, -0.2) is 0 Å². The molecular formula is C17H24O. The molecule has 1 aromatic carbocycles. The summed E-state index contributed by atoms with van der Waals surface area (Å²) in [5.41, 5.74) is 2.63. The third-order valence-corrected chi connectivity index (χ3v) is 5.04. The summed E-state index contributed by atoms with van der Waals surface area (Å²) in [6.45, 7) is 2.15. The molecule has 0 aromatic heterocycles. The van der Waals surface area contributed by atoms with Crippen molar-refractivity contribution in [3.05, 3.63) is 35.4 Å². The normalized spacial score (nSPS) is 26.4. The van der Waals surface area contributed by atoms with Gasteiger partial charge in [-0.15, -0.1) is 0 Å². The fourth-order valence-corrected chi connectivity index (χ4v) is 3.71. The predicted octanol–water partition coefficient (Wildman–Crippen LogP) is 4.05. The Morgan fingerprint density at radius 2 is 2.00 bits per heavy atom. The molecule has 2 aliphatic rings. The monoisotopic (exact) mass is 244 g/mol. The SMILES string of the molecule is CCC(O)(CC1CCCc2ccccc21)C1CC1. The average Bonchev–Trinajstić information content (AvgIpc) is 3.24. The molecule has 1 heteroatoms. The maximum Gasteiger partial charge on any atom is 0.0679 e. The summed E-state index contributed by atoms with van der Waals surface area (Å²) >= 11 is 0. The standard InChI is InChI=1S/C17H24O/c1-2-17(18,15-10-11-15)12-14-8-5-7-13-6-3-4-9-16(13)14/h3-4,6,9,14-15,18H,2,5,7-8,10-12H2,1H3. The van der Waals surface area contributed by atoms with E-state index in [-0.39, 0.29) is 0 Å². The Bertz CT molecular complexity index is 421. The Morgan fingerprint density at radius 1 is 1.22 bits per heavy atom. The molecule has 0 amide bonds. The van der Waals surface area contributed by atoms with E-state index in [0.29, 0.717) is 11.8 Å². The van der Waals surface area contributed by atoms with Crippen molar-refractivity contribution in [1.82, 2.24) is 0 Å². The predicted molar refractivity (Wildman–Crippen MR) is 74.7 cm³/mol. The topological polar surface area (TPSA) is 20.2 Å². The summed E-state index contributed by atoms with van der Waals surface area (Å²) in [6.07, 6.45) is 8.12. The van der Waals surface area contributed by atoms with Gasteiger partial charge in [0.2, 0.25) is 0 Å². The zero-order valence-corrected chi connectivity index (χ0v) is 11.4. The van der Waals surface area contributed by atoms with E-state index in [0.717, 1.165) is 12.8 Å². The highest BCUT2D eigenvalue weighted by Gasteiger charge is 2.44. The van der Waals surface area contributed by atoms with E-state index in [9.17, 15) is 5.11 Å². The molecule has 0 aliphatic heterocycles. The van der Waals surface area contributed by atoms with Gasteiger partial charge < -0.3 is 5.11 Å². The van der Waals surface area contributed by atoms with Crippen LogP contribution in [0.4, 0.5) is 0 Å². The number of hydrogen-bond acceptors (Lipinski definition) is 1. The van der Waals surface area contributed by atoms with Crippen molar-refractivity contribution in [3.63, 3.8) is 0 Å². The van der Waals surface area contributed by atoms with Crippen LogP contribution in [0, 0.1) is 5.92 Å². The van der Waals surface area contributed by atoms with E-state index in [1.165, 1.54) is 43.2 Å². The molecule has 0 heterocycles. The maximum atomic E-state index is 10.8. The fourth-order valence-electron chi connectivity index (χ4n) is 3.71. The first kappa shape index (κ1) is 12.2. The fraction of sp³-hybridized carbons (Fsp3) is 0.647. The summed E-state index contributed by atoms with van der Waals surface area (Å²) < 4.78 is 0. The first-order chi connectivity index (χ1) is 8.73. The molecule has 0 spiro atoms. The molecule has 2 atom stereocenters. The molecule has 1 nitrogen and oxygen atoms in total. The van der Waals surface area contributed by atoms with Crippen LogP contribution in [0.1, 0.15) is 62.5 Å². The quantitative estimate of drug-likeness (QED) is 0.847. The first-order valence-electron chi connectivity index (χ1n) is 7.53. The Kier molecular flexibility index (Phi) is 3.19. The summed E-state index contributed by atoms with van der Waals surface area (Å²) in [7, 11) is 0. The van der Waals surface area contributed by atoms with Gasteiger partial charge in [-0.1, -0.05) is 31.2 Å². The van der Waals surface area contributed by atoms with Crippen LogP contribution in [0.3, 0.4) is 0 Å². The van der Waals surface area contributed by atoms with Crippen molar-refractivity contribution in [1.29, 1.82) is 0 Å². The van der Waals surface area contributed by atoms with Gasteiger partial charge in [0.25, 0.3) is 0 Å². The van der Waals surface area contributed by atoms with Gasteiger partial charge >= 0.3 is 0 Å². The van der Waals surface area contributed by atoms with Gasteiger partial charge in [0.05, 0.1) is 5.60 Å². The van der Waals surface area contributed by atoms with Gasteiger partial charge in [0.1, 0.15) is 0 Å². The lowest BCUT2D eigenvalue weighted by molar-refractivity contribution is -0.00280. The number of aliphatic hydroxyl groups is 1. The minimum Gasteiger partial charge on any atom is -0.390 e. The maximum absolute atomic E-state index is 10.8. The lowest BCUT2D eigenvalue weighted by Crippen LogP contribution is -2.33. The van der Waals surface area contributed by atoms with Crippen molar-refractivity contribution in [3.8, 4) is 0 Å². The van der Waals surface area contributed by atoms with Crippen molar-refractivity contribution >= 4 is 0 Å². The van der Waals surface area contributed by atoms with E-state index in [1.807, 2.05) is 0 Å². The van der Waals surface area contributed by atoms with Crippen molar-refractivity contribution < 1.29 is 5.11 Å². The summed E-state index contributed by atoms with van der Waals surface area (Å²) in [4.78, 5) is 0. The molecule has 1 fully saturated rings. The van der Waals surface area contributed by atoms with Crippen LogP contribution in [0.15, 0.2) is 24.3 Å². The number of fused-ring (bicyclic) bond motifs is 1. The second kappa shape index (κ2) is 4.70. The van der Waals surface area contributed by atoms with Crippen LogP contribution in [0.25, 0.3) is 0 Å².